The Bertz CT molecular complexity index is 988. The highest BCUT2D eigenvalue weighted by molar-refractivity contribution is 5.35. The molecule has 0 bridgehead atoms. The number of hydrogen-bond donors (Lipinski definition) is 0. The van der Waals surface area contributed by atoms with Crippen molar-refractivity contribution in [3.05, 3.63) is 64.2 Å². The van der Waals surface area contributed by atoms with E-state index in [1.807, 2.05) is 0 Å². The van der Waals surface area contributed by atoms with Crippen molar-refractivity contribution in [2.24, 2.45) is 5.92 Å². The van der Waals surface area contributed by atoms with Gasteiger partial charge in [-0.3, -0.25) is 0 Å². The van der Waals surface area contributed by atoms with Crippen molar-refractivity contribution >= 4 is 0 Å². The van der Waals surface area contributed by atoms with Crippen LogP contribution >= 0.6 is 0 Å². The van der Waals surface area contributed by atoms with Crippen LogP contribution in [0.25, 0.3) is 0 Å². The summed E-state index contributed by atoms with van der Waals surface area (Å²) in [5.41, 5.74) is 1.30. The van der Waals surface area contributed by atoms with Gasteiger partial charge in [0.1, 0.15) is 0 Å². The fourth-order valence-electron chi connectivity index (χ4n) is 6.00. The van der Waals surface area contributed by atoms with Gasteiger partial charge in [0.15, 0.2) is 23.2 Å². The summed E-state index contributed by atoms with van der Waals surface area (Å²) in [6.45, 7) is 4.65. The average molecular weight is 491 g/mol. The molecule has 5 heteroatoms. The van der Waals surface area contributed by atoms with Crippen molar-refractivity contribution in [1.82, 2.24) is 0 Å². The quantitative estimate of drug-likeness (QED) is 0.264. The first-order valence-corrected chi connectivity index (χ1v) is 13.5. The second-order valence-electron chi connectivity index (χ2n) is 10.7. The number of ether oxygens (including phenoxy) is 1. The maximum absolute atomic E-state index is 15.1. The summed E-state index contributed by atoms with van der Waals surface area (Å²) in [4.78, 5) is 0. The van der Waals surface area contributed by atoms with Crippen LogP contribution in [0.15, 0.2) is 24.3 Å². The van der Waals surface area contributed by atoms with Crippen molar-refractivity contribution in [3.63, 3.8) is 0 Å². The molecule has 4 rings (SSSR count). The van der Waals surface area contributed by atoms with E-state index in [2.05, 4.69) is 13.8 Å². The Kier molecular flexibility index (Phi) is 8.77. The van der Waals surface area contributed by atoms with Gasteiger partial charge in [0.05, 0.1) is 6.61 Å². The van der Waals surface area contributed by atoms with Gasteiger partial charge in [-0.25, -0.2) is 13.2 Å². The van der Waals surface area contributed by atoms with E-state index in [-0.39, 0.29) is 23.5 Å². The Morgan fingerprint density at radius 3 is 1.54 bits per heavy atom. The highest BCUT2D eigenvalue weighted by atomic mass is 19.2. The molecule has 0 aromatic heterocycles. The van der Waals surface area contributed by atoms with Crippen LogP contribution in [0.1, 0.15) is 119 Å². The lowest BCUT2D eigenvalue weighted by Crippen LogP contribution is -2.17. The molecule has 0 atom stereocenters. The number of rotatable bonds is 8. The molecule has 0 radical (unpaired) electrons. The van der Waals surface area contributed by atoms with Crippen LogP contribution in [0.4, 0.5) is 17.6 Å². The normalized spacial score (nSPS) is 25.0. The molecule has 192 valence electrons. The SMILES string of the molecule is CCCCCOc1ccc(C2CCC(c3ccc(C4CCC(C)CC4)c(F)c3F)CC2)c(F)c1F. The van der Waals surface area contributed by atoms with Crippen LogP contribution in [-0.4, -0.2) is 6.61 Å². The lowest BCUT2D eigenvalue weighted by Gasteiger charge is -2.31. The number of unbranched alkanes of at least 4 members (excludes halogenated alkanes) is 2. The van der Waals surface area contributed by atoms with E-state index in [0.717, 1.165) is 44.9 Å². The van der Waals surface area contributed by atoms with Gasteiger partial charge in [-0.1, -0.05) is 57.7 Å². The summed E-state index contributed by atoms with van der Waals surface area (Å²) in [6.07, 6.45) is 9.22. The molecule has 2 saturated carbocycles. The molecule has 0 spiro atoms. The Labute approximate surface area is 207 Å². The second kappa shape index (κ2) is 11.8. The van der Waals surface area contributed by atoms with Crippen LogP contribution in [0, 0.1) is 29.2 Å². The molecule has 1 nitrogen and oxygen atoms in total. The minimum Gasteiger partial charge on any atom is -0.490 e. The zero-order valence-corrected chi connectivity index (χ0v) is 21.0. The van der Waals surface area contributed by atoms with E-state index in [1.165, 1.54) is 6.07 Å². The Morgan fingerprint density at radius 2 is 1.06 bits per heavy atom. The van der Waals surface area contributed by atoms with E-state index in [0.29, 0.717) is 54.9 Å². The first-order valence-electron chi connectivity index (χ1n) is 13.5. The monoisotopic (exact) mass is 490 g/mol. The molecular formula is C30H38F4O. The summed E-state index contributed by atoms with van der Waals surface area (Å²) < 4.78 is 65.0. The topological polar surface area (TPSA) is 9.23 Å². The molecule has 0 N–H and O–H groups in total. The molecule has 2 aliphatic rings. The van der Waals surface area contributed by atoms with E-state index >= 15 is 8.78 Å². The van der Waals surface area contributed by atoms with Crippen LogP contribution in [0.2, 0.25) is 0 Å². The molecule has 0 heterocycles. The predicted molar refractivity (Wildman–Crippen MR) is 132 cm³/mol. The maximum atomic E-state index is 15.1. The van der Waals surface area contributed by atoms with Gasteiger partial charge in [-0.2, -0.15) is 4.39 Å². The summed E-state index contributed by atoms with van der Waals surface area (Å²) in [5.74, 6) is -2.70. The largest absolute Gasteiger partial charge is 0.490 e. The van der Waals surface area contributed by atoms with Crippen molar-refractivity contribution in [1.29, 1.82) is 0 Å². The Hall–Kier alpha value is -2.04. The van der Waals surface area contributed by atoms with Crippen LogP contribution in [0.5, 0.6) is 5.75 Å². The number of hydrogen-bond acceptors (Lipinski definition) is 1. The maximum Gasteiger partial charge on any atom is 0.200 e. The van der Waals surface area contributed by atoms with Crippen LogP contribution in [0.3, 0.4) is 0 Å². The van der Waals surface area contributed by atoms with Crippen molar-refractivity contribution in [2.45, 2.75) is 102 Å². The molecule has 0 saturated heterocycles. The average Bonchev–Trinajstić information content (AvgIpc) is 2.87. The van der Waals surface area contributed by atoms with Crippen molar-refractivity contribution in [2.75, 3.05) is 6.61 Å². The molecule has 0 unspecified atom stereocenters. The zero-order valence-electron chi connectivity index (χ0n) is 21.0. The molecule has 0 aliphatic heterocycles. The summed E-state index contributed by atoms with van der Waals surface area (Å²) in [7, 11) is 0. The molecular weight excluding hydrogens is 452 g/mol. The van der Waals surface area contributed by atoms with Crippen LogP contribution < -0.4 is 4.74 Å². The van der Waals surface area contributed by atoms with Gasteiger partial charge in [0.25, 0.3) is 0 Å². The first kappa shape index (κ1) is 26.0. The third-order valence-corrected chi connectivity index (χ3v) is 8.29. The van der Waals surface area contributed by atoms with Crippen molar-refractivity contribution < 1.29 is 22.3 Å². The lowest BCUT2D eigenvalue weighted by molar-refractivity contribution is 0.284. The Balaban J connectivity index is 1.40. The fourth-order valence-corrected chi connectivity index (χ4v) is 6.00. The van der Waals surface area contributed by atoms with E-state index < -0.39 is 23.3 Å². The van der Waals surface area contributed by atoms with Crippen molar-refractivity contribution in [3.8, 4) is 5.75 Å². The third-order valence-electron chi connectivity index (χ3n) is 8.29. The zero-order chi connectivity index (χ0) is 24.9. The minimum atomic E-state index is -0.929. The van der Waals surface area contributed by atoms with E-state index in [1.54, 1.807) is 18.2 Å². The van der Waals surface area contributed by atoms with Gasteiger partial charge in [0, 0.05) is 0 Å². The summed E-state index contributed by atoms with van der Waals surface area (Å²) in [6, 6.07) is 6.70. The molecule has 0 amide bonds. The predicted octanol–water partition coefficient (Wildman–Crippen LogP) is 9.55. The van der Waals surface area contributed by atoms with Gasteiger partial charge in [-0.15, -0.1) is 0 Å². The Morgan fingerprint density at radius 1 is 0.629 bits per heavy atom. The lowest BCUT2D eigenvalue weighted by atomic mass is 9.75. The minimum absolute atomic E-state index is 0.0406. The summed E-state index contributed by atoms with van der Waals surface area (Å²) >= 11 is 0. The van der Waals surface area contributed by atoms with Gasteiger partial charge in [0.2, 0.25) is 5.82 Å². The van der Waals surface area contributed by atoms with Gasteiger partial charge in [-0.05, 0) is 91.4 Å². The third kappa shape index (κ3) is 5.86. The first-order chi connectivity index (χ1) is 16.9. The fraction of sp³-hybridized carbons (Fsp3) is 0.600. The molecule has 2 aliphatic carbocycles. The number of halogens is 4. The van der Waals surface area contributed by atoms with Gasteiger partial charge >= 0.3 is 0 Å². The molecule has 2 aromatic carbocycles. The molecule has 2 aromatic rings. The van der Waals surface area contributed by atoms with E-state index in [9.17, 15) is 8.78 Å². The van der Waals surface area contributed by atoms with Crippen LogP contribution in [-0.2, 0) is 0 Å². The number of benzene rings is 2. The summed E-state index contributed by atoms with van der Waals surface area (Å²) in [5, 5.41) is 0. The standard InChI is InChI=1S/C30H38F4O/c1-3-4-5-18-35-26-17-16-25(29(33)30(26)34)22-12-10-21(11-13-22)24-15-14-23(27(31)28(24)32)20-8-6-19(2)7-9-20/h14-17,19-22H,3-13,18H2,1-2H3. The second-order valence-corrected chi connectivity index (χ2v) is 10.7. The smallest absolute Gasteiger partial charge is 0.200 e. The highest BCUT2D eigenvalue weighted by Crippen LogP contribution is 2.44. The van der Waals surface area contributed by atoms with E-state index in [4.69, 9.17) is 4.74 Å². The highest BCUT2D eigenvalue weighted by Gasteiger charge is 2.31. The van der Waals surface area contributed by atoms with Gasteiger partial charge < -0.3 is 4.74 Å². The molecule has 2 fully saturated rings. The molecule has 35 heavy (non-hydrogen) atoms.